The van der Waals surface area contributed by atoms with E-state index < -0.39 is 17.6 Å². The first-order valence-electron chi connectivity index (χ1n) is 7.36. The third-order valence-corrected chi connectivity index (χ3v) is 4.73. The maximum atomic E-state index is 13.3. The Morgan fingerprint density at radius 2 is 1.96 bits per heavy atom. The first-order valence-corrected chi connectivity index (χ1v) is 8.18. The molecule has 4 nitrogen and oxygen atoms in total. The smallest absolute Gasteiger partial charge is 0.397 e. The lowest BCUT2D eigenvalue weighted by Gasteiger charge is -2.09. The Kier molecular flexibility index (Phi) is 4.38. The lowest BCUT2D eigenvalue weighted by molar-refractivity contribution is -0.136. The van der Waals surface area contributed by atoms with Gasteiger partial charge in [-0.25, -0.2) is 4.98 Å². The van der Waals surface area contributed by atoms with Gasteiger partial charge in [-0.15, -0.1) is 11.3 Å². The summed E-state index contributed by atoms with van der Waals surface area (Å²) in [5, 5.41) is 2.46. The van der Waals surface area contributed by atoms with E-state index in [4.69, 9.17) is 5.73 Å². The van der Waals surface area contributed by atoms with E-state index in [9.17, 15) is 18.0 Å². The lowest BCUT2D eigenvalue weighted by Crippen LogP contribution is -2.22. The van der Waals surface area contributed by atoms with E-state index in [1.807, 2.05) is 30.3 Å². The predicted molar refractivity (Wildman–Crippen MR) is 91.4 cm³/mol. The van der Waals surface area contributed by atoms with Crippen molar-refractivity contribution >= 4 is 33.1 Å². The number of nitrogen functional groups attached to an aromatic ring is 1. The van der Waals surface area contributed by atoms with Gasteiger partial charge in [-0.05, 0) is 18.6 Å². The van der Waals surface area contributed by atoms with Crippen molar-refractivity contribution in [3.05, 3.63) is 58.1 Å². The van der Waals surface area contributed by atoms with Crippen molar-refractivity contribution in [3.63, 3.8) is 0 Å². The summed E-state index contributed by atoms with van der Waals surface area (Å²) in [6.07, 6.45) is -4.57. The molecule has 0 aliphatic rings. The number of hydrogen-bond acceptors (Lipinski definition) is 4. The van der Waals surface area contributed by atoms with E-state index >= 15 is 0 Å². The molecule has 0 radical (unpaired) electrons. The average Bonchev–Trinajstić information content (AvgIpc) is 2.88. The highest BCUT2D eigenvalue weighted by molar-refractivity contribution is 7.21. The molecule has 0 aliphatic heterocycles. The van der Waals surface area contributed by atoms with Gasteiger partial charge < -0.3 is 11.1 Å². The standard InChI is InChI=1S/C17H14F3N3OS/c1-9-7-11(17(18,19)20)12-13(21)14(25-16(12)23-9)15(24)22-8-10-5-3-2-4-6-10/h2-7H,8,21H2,1H3,(H,22,24). The van der Waals surface area contributed by atoms with Crippen LogP contribution in [0.3, 0.4) is 0 Å². The average molecular weight is 365 g/mol. The van der Waals surface area contributed by atoms with Gasteiger partial charge in [0, 0.05) is 17.6 Å². The van der Waals surface area contributed by atoms with Gasteiger partial charge >= 0.3 is 6.18 Å². The van der Waals surface area contributed by atoms with Gasteiger partial charge in [-0.3, -0.25) is 4.79 Å². The number of aryl methyl sites for hydroxylation is 1. The molecule has 0 bridgehead atoms. The number of nitrogens with two attached hydrogens (primary N) is 1. The molecule has 0 aliphatic carbocycles. The van der Waals surface area contributed by atoms with Gasteiger partial charge in [0.2, 0.25) is 0 Å². The number of nitrogens with zero attached hydrogens (tertiary/aromatic N) is 1. The van der Waals surface area contributed by atoms with Gasteiger partial charge in [-0.2, -0.15) is 13.2 Å². The summed E-state index contributed by atoms with van der Waals surface area (Å²) < 4.78 is 39.8. The highest BCUT2D eigenvalue weighted by Gasteiger charge is 2.35. The zero-order chi connectivity index (χ0) is 18.2. The summed E-state index contributed by atoms with van der Waals surface area (Å²) in [6.45, 7) is 1.73. The van der Waals surface area contributed by atoms with Crippen LogP contribution in [0.2, 0.25) is 0 Å². The van der Waals surface area contributed by atoms with Gasteiger partial charge in [0.05, 0.1) is 11.3 Å². The molecule has 3 N–H and O–H groups in total. The first-order chi connectivity index (χ1) is 11.8. The molecular weight excluding hydrogens is 351 g/mol. The van der Waals surface area contributed by atoms with E-state index in [-0.39, 0.29) is 33.0 Å². The van der Waals surface area contributed by atoms with Crippen LogP contribution in [0.15, 0.2) is 36.4 Å². The lowest BCUT2D eigenvalue weighted by atomic mass is 10.1. The van der Waals surface area contributed by atoms with Crippen molar-refractivity contribution in [2.24, 2.45) is 0 Å². The number of benzene rings is 1. The van der Waals surface area contributed by atoms with Crippen molar-refractivity contribution in [1.82, 2.24) is 10.3 Å². The molecule has 8 heteroatoms. The Labute approximate surface area is 145 Å². The van der Waals surface area contributed by atoms with Crippen molar-refractivity contribution in [3.8, 4) is 0 Å². The van der Waals surface area contributed by atoms with Crippen LogP contribution in [0.1, 0.15) is 26.5 Å². The molecule has 0 fully saturated rings. The first kappa shape index (κ1) is 17.2. The third-order valence-electron chi connectivity index (χ3n) is 3.63. The number of amides is 1. The Morgan fingerprint density at radius 1 is 1.28 bits per heavy atom. The summed E-state index contributed by atoms with van der Waals surface area (Å²) in [4.78, 5) is 16.6. The Bertz CT molecular complexity index is 936. The van der Waals surface area contributed by atoms with Gasteiger partial charge in [0.25, 0.3) is 5.91 Å². The molecule has 1 amide bonds. The maximum Gasteiger partial charge on any atom is 0.417 e. The third kappa shape index (κ3) is 3.43. The minimum Gasteiger partial charge on any atom is -0.397 e. The number of alkyl halides is 3. The van der Waals surface area contributed by atoms with E-state index in [0.717, 1.165) is 23.0 Å². The van der Waals surface area contributed by atoms with E-state index in [1.54, 1.807) is 0 Å². The number of rotatable bonds is 3. The van der Waals surface area contributed by atoms with Crippen LogP contribution in [0.5, 0.6) is 0 Å². The highest BCUT2D eigenvalue weighted by Crippen LogP contribution is 2.42. The normalized spacial score (nSPS) is 11.7. The molecule has 3 rings (SSSR count). The molecule has 0 spiro atoms. The van der Waals surface area contributed by atoms with Gasteiger partial charge in [0.1, 0.15) is 9.71 Å². The fourth-order valence-electron chi connectivity index (χ4n) is 2.49. The number of anilines is 1. The van der Waals surface area contributed by atoms with Crippen LogP contribution in [-0.2, 0) is 12.7 Å². The number of carbonyl (C=O) groups is 1. The zero-order valence-corrected chi connectivity index (χ0v) is 14.0. The van der Waals surface area contributed by atoms with Crippen LogP contribution in [0.4, 0.5) is 18.9 Å². The summed E-state index contributed by atoms with van der Waals surface area (Å²) in [7, 11) is 0. The molecule has 2 aromatic heterocycles. The largest absolute Gasteiger partial charge is 0.417 e. The molecule has 2 heterocycles. The Balaban J connectivity index is 1.97. The maximum absolute atomic E-state index is 13.3. The van der Waals surface area contributed by atoms with Crippen molar-refractivity contribution in [2.45, 2.75) is 19.6 Å². The second-order valence-corrected chi connectivity index (χ2v) is 6.50. The quantitative estimate of drug-likeness (QED) is 0.733. The molecule has 0 saturated carbocycles. The fraction of sp³-hybridized carbons (Fsp3) is 0.176. The highest BCUT2D eigenvalue weighted by atomic mass is 32.1. The summed E-state index contributed by atoms with van der Waals surface area (Å²) >= 11 is 0.863. The van der Waals surface area contributed by atoms with Crippen LogP contribution in [-0.4, -0.2) is 10.9 Å². The molecule has 1 aromatic carbocycles. The Hall–Kier alpha value is -2.61. The minimum absolute atomic E-state index is 0.0366. The van der Waals surface area contributed by atoms with E-state index in [0.29, 0.717) is 0 Å². The van der Waals surface area contributed by atoms with Crippen molar-refractivity contribution in [2.75, 3.05) is 5.73 Å². The topological polar surface area (TPSA) is 68.0 Å². The number of fused-ring (bicyclic) bond motifs is 1. The van der Waals surface area contributed by atoms with Crippen LogP contribution >= 0.6 is 11.3 Å². The van der Waals surface area contributed by atoms with Crippen LogP contribution < -0.4 is 11.1 Å². The summed E-state index contributed by atoms with van der Waals surface area (Å²) in [5.74, 6) is -0.518. The molecular formula is C17H14F3N3OS. The fourth-order valence-corrected chi connectivity index (χ4v) is 3.58. The Morgan fingerprint density at radius 3 is 2.60 bits per heavy atom. The molecule has 0 atom stereocenters. The molecule has 0 unspecified atom stereocenters. The van der Waals surface area contributed by atoms with Gasteiger partial charge in [-0.1, -0.05) is 30.3 Å². The SMILES string of the molecule is Cc1cc(C(F)(F)F)c2c(N)c(C(=O)NCc3ccccc3)sc2n1. The number of hydrogen-bond donors (Lipinski definition) is 2. The number of aromatic nitrogens is 1. The van der Waals surface area contributed by atoms with Gasteiger partial charge in [0.15, 0.2) is 0 Å². The molecule has 3 aromatic rings. The summed E-state index contributed by atoms with van der Waals surface area (Å²) in [6, 6.07) is 10.1. The van der Waals surface area contributed by atoms with E-state index in [2.05, 4.69) is 10.3 Å². The monoisotopic (exact) mass is 365 g/mol. The number of nitrogens with one attached hydrogen (secondary N) is 1. The van der Waals surface area contributed by atoms with Crippen molar-refractivity contribution < 1.29 is 18.0 Å². The minimum atomic E-state index is -4.57. The number of pyridine rings is 1. The van der Waals surface area contributed by atoms with Crippen LogP contribution in [0, 0.1) is 6.92 Å². The van der Waals surface area contributed by atoms with Crippen LogP contribution in [0.25, 0.3) is 10.2 Å². The predicted octanol–water partition coefficient (Wildman–Crippen LogP) is 4.14. The second-order valence-electron chi connectivity index (χ2n) is 5.50. The van der Waals surface area contributed by atoms with E-state index in [1.165, 1.54) is 6.92 Å². The second kappa shape index (κ2) is 6.36. The number of carbonyl (C=O) groups excluding carboxylic acids is 1. The molecule has 130 valence electrons. The zero-order valence-electron chi connectivity index (χ0n) is 13.1. The molecule has 0 saturated heterocycles. The molecule has 25 heavy (non-hydrogen) atoms. The summed E-state index contributed by atoms with van der Waals surface area (Å²) in [5.41, 5.74) is 5.90. The van der Waals surface area contributed by atoms with Crippen molar-refractivity contribution in [1.29, 1.82) is 0 Å². The number of thiophene rings is 1. The number of halogens is 3.